The van der Waals surface area contributed by atoms with Gasteiger partial charge in [-0.25, -0.2) is 4.79 Å². The molecule has 2 aromatic rings. The lowest BCUT2D eigenvalue weighted by Crippen LogP contribution is -2.52. The second kappa shape index (κ2) is 10.1. The van der Waals surface area contributed by atoms with Gasteiger partial charge in [-0.15, -0.1) is 0 Å². The second-order valence-corrected chi connectivity index (χ2v) is 9.13. The third-order valence-corrected chi connectivity index (χ3v) is 6.52. The van der Waals surface area contributed by atoms with Crippen molar-refractivity contribution in [2.24, 2.45) is 11.3 Å². The van der Waals surface area contributed by atoms with Gasteiger partial charge >= 0.3 is 12.1 Å². The summed E-state index contributed by atoms with van der Waals surface area (Å²) in [5.41, 5.74) is 3.42. The molecule has 2 aromatic carbocycles. The molecule has 33 heavy (non-hydrogen) atoms. The van der Waals surface area contributed by atoms with Crippen molar-refractivity contribution < 1.29 is 24.2 Å². The van der Waals surface area contributed by atoms with Gasteiger partial charge in [0.15, 0.2) is 0 Å². The molecule has 7 heteroatoms. The van der Waals surface area contributed by atoms with E-state index >= 15 is 0 Å². The van der Waals surface area contributed by atoms with E-state index in [1.807, 2.05) is 50.2 Å². The number of fused-ring (bicyclic) bond motifs is 3. The van der Waals surface area contributed by atoms with Gasteiger partial charge in [-0.3, -0.25) is 9.59 Å². The highest BCUT2D eigenvalue weighted by molar-refractivity contribution is 5.86. The molecule has 0 saturated heterocycles. The summed E-state index contributed by atoms with van der Waals surface area (Å²) in [5, 5.41) is 14.7. The van der Waals surface area contributed by atoms with Crippen LogP contribution in [0.3, 0.4) is 0 Å². The van der Waals surface area contributed by atoms with Crippen molar-refractivity contribution in [2.45, 2.75) is 46.1 Å². The Labute approximate surface area is 194 Å². The number of aliphatic carboxylic acids is 1. The van der Waals surface area contributed by atoms with Crippen molar-refractivity contribution in [3.05, 3.63) is 59.7 Å². The van der Waals surface area contributed by atoms with Crippen LogP contribution in [-0.2, 0) is 14.3 Å². The Hall–Kier alpha value is -3.35. The predicted octanol–water partition coefficient (Wildman–Crippen LogP) is 4.17. The van der Waals surface area contributed by atoms with Crippen LogP contribution in [0.2, 0.25) is 0 Å². The van der Waals surface area contributed by atoms with E-state index < -0.39 is 29.4 Å². The van der Waals surface area contributed by atoms with Gasteiger partial charge in [0, 0.05) is 12.5 Å². The summed E-state index contributed by atoms with van der Waals surface area (Å²) in [7, 11) is 0. The van der Waals surface area contributed by atoms with E-state index in [1.54, 1.807) is 13.8 Å². The Morgan fingerprint density at radius 2 is 1.58 bits per heavy atom. The SMILES string of the molecule is CCC(C)(CNC(=O)[C@@H](NC(=O)OCC1c2ccccc2-c2ccccc21)C(C)C)C(=O)O. The topological polar surface area (TPSA) is 105 Å². The van der Waals surface area contributed by atoms with Gasteiger partial charge in [0.05, 0.1) is 5.41 Å². The number of alkyl carbamates (subject to hydrolysis) is 1. The van der Waals surface area contributed by atoms with Gasteiger partial charge in [-0.2, -0.15) is 0 Å². The maximum absolute atomic E-state index is 12.7. The van der Waals surface area contributed by atoms with Crippen LogP contribution in [0.1, 0.15) is 51.2 Å². The molecule has 0 spiro atoms. The van der Waals surface area contributed by atoms with E-state index in [0.29, 0.717) is 6.42 Å². The van der Waals surface area contributed by atoms with E-state index in [0.717, 1.165) is 22.3 Å². The number of hydrogen-bond donors (Lipinski definition) is 3. The third-order valence-electron chi connectivity index (χ3n) is 6.52. The number of rotatable bonds is 9. The Kier molecular flexibility index (Phi) is 7.41. The quantitative estimate of drug-likeness (QED) is 0.530. The van der Waals surface area contributed by atoms with E-state index in [4.69, 9.17) is 4.74 Å². The first-order chi connectivity index (χ1) is 15.7. The molecule has 3 N–H and O–H groups in total. The maximum atomic E-state index is 12.7. The number of hydrogen-bond acceptors (Lipinski definition) is 4. The van der Waals surface area contributed by atoms with Gasteiger partial charge in [0.1, 0.15) is 12.6 Å². The minimum Gasteiger partial charge on any atom is -0.481 e. The summed E-state index contributed by atoms with van der Waals surface area (Å²) < 4.78 is 5.55. The highest BCUT2D eigenvalue weighted by Gasteiger charge is 2.34. The summed E-state index contributed by atoms with van der Waals surface area (Å²) in [5.74, 6) is -1.69. The standard InChI is InChI=1S/C26H32N2O5/c1-5-26(4,24(30)31)15-27-23(29)22(16(2)3)28-25(32)33-14-21-19-12-8-6-10-17(19)18-11-7-9-13-20(18)21/h6-13,16,21-22H,5,14-15H2,1-4H3,(H,27,29)(H,28,32)(H,30,31)/t22-,26?/m0/s1. The van der Waals surface area contributed by atoms with E-state index in [9.17, 15) is 19.5 Å². The zero-order valence-electron chi connectivity index (χ0n) is 19.6. The maximum Gasteiger partial charge on any atom is 0.407 e. The molecule has 0 saturated carbocycles. The van der Waals surface area contributed by atoms with Crippen molar-refractivity contribution in [2.75, 3.05) is 13.2 Å². The number of amides is 2. The number of carbonyl (C=O) groups is 3. The number of carboxylic acids is 1. The zero-order valence-corrected chi connectivity index (χ0v) is 19.6. The highest BCUT2D eigenvalue weighted by Crippen LogP contribution is 2.44. The Balaban J connectivity index is 1.63. The van der Waals surface area contributed by atoms with E-state index in [2.05, 4.69) is 22.8 Å². The lowest BCUT2D eigenvalue weighted by atomic mass is 9.87. The van der Waals surface area contributed by atoms with E-state index in [1.165, 1.54) is 0 Å². The lowest BCUT2D eigenvalue weighted by molar-refractivity contribution is -0.148. The summed E-state index contributed by atoms with van der Waals surface area (Å²) in [6.07, 6.45) is -0.309. The lowest BCUT2D eigenvalue weighted by Gasteiger charge is -2.26. The number of carboxylic acid groups (broad SMARTS) is 1. The number of ether oxygens (including phenoxy) is 1. The molecule has 0 heterocycles. The Morgan fingerprint density at radius 1 is 1.03 bits per heavy atom. The second-order valence-electron chi connectivity index (χ2n) is 9.13. The molecule has 1 aliphatic carbocycles. The van der Waals surface area contributed by atoms with Gasteiger partial charge in [-0.1, -0.05) is 69.3 Å². The molecule has 1 unspecified atom stereocenters. The predicted molar refractivity (Wildman–Crippen MR) is 126 cm³/mol. The van der Waals surface area contributed by atoms with Gasteiger partial charge in [0.2, 0.25) is 5.91 Å². The normalized spacial score (nSPS) is 15.2. The van der Waals surface area contributed by atoms with Crippen LogP contribution in [0.4, 0.5) is 4.79 Å². The molecule has 3 rings (SSSR count). The summed E-state index contributed by atoms with van der Waals surface area (Å²) >= 11 is 0. The molecular weight excluding hydrogens is 420 g/mol. The average molecular weight is 453 g/mol. The minimum absolute atomic E-state index is 0.0206. The number of carbonyl (C=O) groups excluding carboxylic acids is 2. The molecule has 0 radical (unpaired) electrons. The van der Waals surface area contributed by atoms with Crippen LogP contribution in [-0.4, -0.2) is 42.3 Å². The van der Waals surface area contributed by atoms with Crippen LogP contribution in [0.25, 0.3) is 11.1 Å². The van der Waals surface area contributed by atoms with Crippen LogP contribution >= 0.6 is 0 Å². The molecule has 2 amide bonds. The molecule has 2 atom stereocenters. The van der Waals surface area contributed by atoms with Crippen molar-refractivity contribution in [3.8, 4) is 11.1 Å². The van der Waals surface area contributed by atoms with Crippen LogP contribution in [0.5, 0.6) is 0 Å². The van der Waals surface area contributed by atoms with Crippen LogP contribution < -0.4 is 10.6 Å². The number of benzene rings is 2. The summed E-state index contributed by atoms with van der Waals surface area (Å²) in [6, 6.07) is 15.3. The largest absolute Gasteiger partial charge is 0.481 e. The Bertz CT molecular complexity index is 989. The van der Waals surface area contributed by atoms with Crippen molar-refractivity contribution in [3.63, 3.8) is 0 Å². The first-order valence-electron chi connectivity index (χ1n) is 11.3. The molecule has 7 nitrogen and oxygen atoms in total. The molecule has 1 aliphatic rings. The summed E-state index contributed by atoms with van der Waals surface area (Å²) in [4.78, 5) is 36.8. The fourth-order valence-corrected chi connectivity index (χ4v) is 4.05. The average Bonchev–Trinajstić information content (AvgIpc) is 3.12. The number of nitrogens with one attached hydrogen (secondary N) is 2. The molecule has 0 fully saturated rings. The fraction of sp³-hybridized carbons (Fsp3) is 0.423. The minimum atomic E-state index is -1.07. The first-order valence-corrected chi connectivity index (χ1v) is 11.3. The molecule has 0 aliphatic heterocycles. The van der Waals surface area contributed by atoms with Gasteiger partial charge < -0.3 is 20.5 Å². The Morgan fingerprint density at radius 3 is 2.06 bits per heavy atom. The van der Waals surface area contributed by atoms with Gasteiger partial charge in [-0.05, 0) is 41.5 Å². The highest BCUT2D eigenvalue weighted by atomic mass is 16.5. The molecule has 0 aromatic heterocycles. The third kappa shape index (κ3) is 5.18. The first kappa shape index (κ1) is 24.3. The zero-order chi connectivity index (χ0) is 24.2. The van der Waals surface area contributed by atoms with Crippen LogP contribution in [0, 0.1) is 11.3 Å². The van der Waals surface area contributed by atoms with Crippen molar-refractivity contribution in [1.82, 2.24) is 10.6 Å². The molecule has 0 bridgehead atoms. The van der Waals surface area contributed by atoms with Crippen molar-refractivity contribution >= 4 is 18.0 Å². The monoisotopic (exact) mass is 452 g/mol. The molecular formula is C26H32N2O5. The van der Waals surface area contributed by atoms with Crippen LogP contribution in [0.15, 0.2) is 48.5 Å². The summed E-state index contributed by atoms with van der Waals surface area (Å²) in [6.45, 7) is 7.09. The van der Waals surface area contributed by atoms with Crippen molar-refractivity contribution in [1.29, 1.82) is 0 Å². The van der Waals surface area contributed by atoms with E-state index in [-0.39, 0.29) is 25.0 Å². The molecule has 176 valence electrons. The van der Waals surface area contributed by atoms with Gasteiger partial charge in [0.25, 0.3) is 0 Å². The fourth-order valence-electron chi connectivity index (χ4n) is 4.05. The smallest absolute Gasteiger partial charge is 0.407 e.